The van der Waals surface area contributed by atoms with Crippen molar-refractivity contribution in [3.05, 3.63) is 53.0 Å². The monoisotopic (exact) mass is 507 g/mol. The predicted molar refractivity (Wildman–Crippen MR) is 143 cm³/mol. The zero-order valence-corrected chi connectivity index (χ0v) is 22.1. The number of carbonyl (C=O) groups excluding carboxylic acids is 2. The second kappa shape index (κ2) is 11.6. The van der Waals surface area contributed by atoms with Gasteiger partial charge in [0.2, 0.25) is 0 Å². The Morgan fingerprint density at radius 2 is 1.89 bits per heavy atom. The largest absolute Gasteiger partial charge is 0.462 e. The van der Waals surface area contributed by atoms with Crippen molar-refractivity contribution < 1.29 is 14.3 Å². The lowest BCUT2D eigenvalue weighted by atomic mass is 10.1. The van der Waals surface area contributed by atoms with Gasteiger partial charge >= 0.3 is 5.97 Å². The molecule has 190 valence electrons. The van der Waals surface area contributed by atoms with E-state index in [1.165, 1.54) is 18.2 Å². The number of fused-ring (bicyclic) bond motifs is 1. The van der Waals surface area contributed by atoms with E-state index in [0.29, 0.717) is 27.7 Å². The van der Waals surface area contributed by atoms with Crippen LogP contribution in [0.2, 0.25) is 0 Å². The Balaban J connectivity index is 1.57. The Morgan fingerprint density at radius 3 is 2.67 bits per heavy atom. The Labute approximate surface area is 215 Å². The zero-order valence-electron chi connectivity index (χ0n) is 21.3. The molecule has 0 bridgehead atoms. The zero-order chi connectivity index (χ0) is 25.7. The molecule has 0 atom stereocenters. The third-order valence-electron chi connectivity index (χ3n) is 6.31. The van der Waals surface area contributed by atoms with E-state index in [-0.39, 0.29) is 18.1 Å². The second-order valence-corrected chi connectivity index (χ2v) is 9.77. The van der Waals surface area contributed by atoms with Gasteiger partial charge in [-0.15, -0.1) is 10.2 Å². The smallest absolute Gasteiger partial charge is 0.340 e. The van der Waals surface area contributed by atoms with Gasteiger partial charge in [-0.3, -0.25) is 4.79 Å². The molecule has 0 unspecified atom stereocenters. The summed E-state index contributed by atoms with van der Waals surface area (Å²) in [7, 11) is 0. The molecule has 0 aliphatic rings. The lowest BCUT2D eigenvalue weighted by molar-refractivity contribution is 0.0525. The molecular weight excluding hydrogens is 474 g/mol. The van der Waals surface area contributed by atoms with Gasteiger partial charge in [-0.1, -0.05) is 56.1 Å². The van der Waals surface area contributed by atoms with Crippen molar-refractivity contribution in [3.63, 3.8) is 0 Å². The van der Waals surface area contributed by atoms with Gasteiger partial charge in [0, 0.05) is 34.9 Å². The van der Waals surface area contributed by atoms with Crippen molar-refractivity contribution in [1.82, 2.24) is 24.7 Å². The average Bonchev–Trinajstić information content (AvgIpc) is 3.55. The summed E-state index contributed by atoms with van der Waals surface area (Å²) >= 11 is 1.37. The molecule has 2 N–H and O–H groups in total. The van der Waals surface area contributed by atoms with Gasteiger partial charge in [-0.05, 0) is 38.8 Å². The van der Waals surface area contributed by atoms with Crippen LogP contribution in [0.15, 0.2) is 35.6 Å². The summed E-state index contributed by atoms with van der Waals surface area (Å²) in [6.45, 7) is 8.59. The molecule has 0 aliphatic carbocycles. The standard InChI is InChI=1S/C27H33N5O3S/c1-5-7-8-11-14-32-25(20-15-28-21-13-10-9-12-19(20)21)30-31-27(32)36-16-22(33)24-17(3)23(18(4)29-24)26(34)35-6-2/h9-10,12-13,15,28-29H,5-8,11,14,16H2,1-4H3. The molecular formula is C27H33N5O3S. The molecule has 0 aliphatic heterocycles. The number of unbranched alkanes of at least 4 members (excludes halogenated alkanes) is 3. The number of nitrogens with zero attached hydrogens (tertiary/aromatic N) is 3. The summed E-state index contributed by atoms with van der Waals surface area (Å²) in [5.41, 5.74) is 4.19. The quantitative estimate of drug-likeness (QED) is 0.104. The molecule has 36 heavy (non-hydrogen) atoms. The first-order valence-corrected chi connectivity index (χ1v) is 13.5. The molecule has 0 radical (unpaired) electrons. The van der Waals surface area contributed by atoms with E-state index in [2.05, 4.69) is 37.7 Å². The molecule has 8 nitrogen and oxygen atoms in total. The number of thioether (sulfide) groups is 1. The normalized spacial score (nSPS) is 11.3. The van der Waals surface area contributed by atoms with E-state index in [0.717, 1.165) is 48.1 Å². The number of para-hydroxylation sites is 1. The van der Waals surface area contributed by atoms with Crippen LogP contribution in [0.1, 0.15) is 71.6 Å². The van der Waals surface area contributed by atoms with Crippen molar-refractivity contribution in [2.75, 3.05) is 12.4 Å². The van der Waals surface area contributed by atoms with Crippen molar-refractivity contribution >= 4 is 34.4 Å². The Morgan fingerprint density at radius 1 is 1.08 bits per heavy atom. The fraction of sp³-hybridized carbons (Fsp3) is 0.407. The lowest BCUT2D eigenvalue weighted by Gasteiger charge is -2.10. The van der Waals surface area contributed by atoms with Gasteiger partial charge in [0.15, 0.2) is 16.8 Å². The van der Waals surface area contributed by atoms with E-state index >= 15 is 0 Å². The molecule has 4 aromatic rings. The molecule has 9 heteroatoms. The molecule has 3 aromatic heterocycles. The first-order valence-electron chi connectivity index (χ1n) is 12.5. The molecule has 1 aromatic carbocycles. The van der Waals surface area contributed by atoms with E-state index in [9.17, 15) is 9.59 Å². The number of ether oxygens (including phenoxy) is 1. The fourth-order valence-corrected chi connectivity index (χ4v) is 5.33. The number of aromatic nitrogens is 5. The van der Waals surface area contributed by atoms with E-state index in [4.69, 9.17) is 4.74 Å². The number of H-pyrrole nitrogens is 2. The number of nitrogens with one attached hydrogen (secondary N) is 2. The van der Waals surface area contributed by atoms with Gasteiger partial charge < -0.3 is 19.3 Å². The highest BCUT2D eigenvalue weighted by molar-refractivity contribution is 7.99. The van der Waals surface area contributed by atoms with Crippen LogP contribution < -0.4 is 0 Å². The number of aryl methyl sites for hydroxylation is 1. The molecule has 3 heterocycles. The van der Waals surface area contributed by atoms with E-state index < -0.39 is 5.97 Å². The number of ketones is 1. The van der Waals surface area contributed by atoms with Crippen molar-refractivity contribution in [2.45, 2.75) is 65.1 Å². The predicted octanol–water partition coefficient (Wildman–Crippen LogP) is 6.10. The van der Waals surface area contributed by atoms with E-state index in [1.54, 1.807) is 20.8 Å². The Kier molecular flexibility index (Phi) is 8.30. The second-order valence-electron chi connectivity index (χ2n) is 8.82. The Bertz CT molecular complexity index is 1370. The summed E-state index contributed by atoms with van der Waals surface area (Å²) in [5.74, 6) is 0.482. The minimum atomic E-state index is -0.411. The minimum absolute atomic E-state index is 0.0923. The van der Waals surface area contributed by atoms with Crippen molar-refractivity contribution in [3.8, 4) is 11.4 Å². The average molecular weight is 508 g/mol. The number of aromatic amines is 2. The van der Waals surface area contributed by atoms with Crippen molar-refractivity contribution in [1.29, 1.82) is 0 Å². The molecule has 0 amide bonds. The van der Waals surface area contributed by atoms with Crippen LogP contribution in [0.25, 0.3) is 22.3 Å². The van der Waals surface area contributed by atoms with Gasteiger partial charge in [-0.2, -0.15) is 0 Å². The first kappa shape index (κ1) is 25.8. The van der Waals surface area contributed by atoms with Crippen LogP contribution in [0.5, 0.6) is 0 Å². The van der Waals surface area contributed by atoms with Crippen LogP contribution in [0, 0.1) is 13.8 Å². The minimum Gasteiger partial charge on any atom is -0.462 e. The van der Waals surface area contributed by atoms with E-state index in [1.807, 2.05) is 24.4 Å². The number of rotatable bonds is 12. The molecule has 0 fully saturated rings. The summed E-state index contributed by atoms with van der Waals surface area (Å²) in [4.78, 5) is 31.9. The Hall–Kier alpha value is -3.33. The number of hydrogen-bond acceptors (Lipinski definition) is 6. The third-order valence-corrected chi connectivity index (χ3v) is 7.28. The van der Waals surface area contributed by atoms with Gasteiger partial charge in [0.1, 0.15) is 0 Å². The SMILES string of the molecule is CCCCCCn1c(SCC(=O)c2[nH]c(C)c(C(=O)OCC)c2C)nnc1-c1c[nH]c2ccccc12. The maximum Gasteiger partial charge on any atom is 0.340 e. The van der Waals surface area contributed by atoms with Gasteiger partial charge in [0.25, 0.3) is 0 Å². The summed E-state index contributed by atoms with van der Waals surface area (Å²) in [6.07, 6.45) is 6.46. The van der Waals surface area contributed by atoms with Crippen LogP contribution >= 0.6 is 11.8 Å². The maximum atomic E-state index is 13.1. The van der Waals surface area contributed by atoms with Crippen molar-refractivity contribution in [2.24, 2.45) is 0 Å². The highest BCUT2D eigenvalue weighted by Crippen LogP contribution is 2.31. The van der Waals surface area contributed by atoms with Gasteiger partial charge in [-0.25, -0.2) is 4.79 Å². The first-order chi connectivity index (χ1) is 17.5. The summed E-state index contributed by atoms with van der Waals surface area (Å²) in [5, 5.41) is 10.8. The molecule has 0 saturated heterocycles. The van der Waals surface area contributed by atoms with Crippen LogP contribution in [-0.4, -0.2) is 48.8 Å². The molecule has 0 saturated carbocycles. The number of esters is 1. The topological polar surface area (TPSA) is 106 Å². The fourth-order valence-electron chi connectivity index (χ4n) is 4.49. The maximum absolute atomic E-state index is 13.1. The van der Waals surface area contributed by atoms with Crippen LogP contribution in [0.3, 0.4) is 0 Å². The molecule has 4 rings (SSSR count). The third kappa shape index (κ3) is 5.26. The highest BCUT2D eigenvalue weighted by Gasteiger charge is 2.24. The molecule has 0 spiro atoms. The highest BCUT2D eigenvalue weighted by atomic mass is 32.2. The summed E-state index contributed by atoms with van der Waals surface area (Å²) in [6, 6.07) is 8.13. The number of carbonyl (C=O) groups is 2. The van der Waals surface area contributed by atoms with Crippen LogP contribution in [-0.2, 0) is 11.3 Å². The summed E-state index contributed by atoms with van der Waals surface area (Å²) < 4.78 is 7.28. The van der Waals surface area contributed by atoms with Crippen LogP contribution in [0.4, 0.5) is 0 Å². The number of hydrogen-bond donors (Lipinski definition) is 2. The lowest BCUT2D eigenvalue weighted by Crippen LogP contribution is -2.09. The number of Topliss-reactive ketones (excluding diaryl/α,β-unsaturated/α-hetero) is 1. The van der Waals surface area contributed by atoms with Gasteiger partial charge in [0.05, 0.1) is 23.6 Å². The number of benzene rings is 1.